The van der Waals surface area contributed by atoms with Gasteiger partial charge in [-0.2, -0.15) is 0 Å². The number of ether oxygens (including phenoxy) is 1. The van der Waals surface area contributed by atoms with E-state index >= 15 is 0 Å². The molecule has 0 saturated carbocycles. The maximum atomic E-state index is 12.8. The van der Waals surface area contributed by atoms with Crippen LogP contribution < -0.4 is 10.6 Å². The molecule has 0 radical (unpaired) electrons. The summed E-state index contributed by atoms with van der Waals surface area (Å²) in [5.74, 6) is -0.706. The van der Waals surface area contributed by atoms with Crippen LogP contribution >= 0.6 is 34.7 Å². The Morgan fingerprint density at radius 1 is 1.00 bits per heavy atom. The van der Waals surface area contributed by atoms with Gasteiger partial charge in [0.15, 0.2) is 0 Å². The molecular weight excluding hydrogens is 516 g/mol. The van der Waals surface area contributed by atoms with Crippen molar-refractivity contribution in [3.63, 3.8) is 0 Å². The number of esters is 1. The van der Waals surface area contributed by atoms with Gasteiger partial charge < -0.3 is 15.4 Å². The van der Waals surface area contributed by atoms with Gasteiger partial charge in [-0.05, 0) is 67.6 Å². The highest BCUT2D eigenvalue weighted by Gasteiger charge is 2.25. The maximum Gasteiger partial charge on any atom is 0.341 e. The fraction of sp³-hybridized carbons (Fsp3) is 0.296. The topological polar surface area (TPSA) is 84.5 Å². The smallest absolute Gasteiger partial charge is 0.341 e. The minimum absolute atomic E-state index is 0.162. The van der Waals surface area contributed by atoms with Crippen molar-refractivity contribution in [2.24, 2.45) is 0 Å². The van der Waals surface area contributed by atoms with Gasteiger partial charge in [0, 0.05) is 26.0 Å². The van der Waals surface area contributed by atoms with Crippen molar-refractivity contribution in [2.75, 3.05) is 23.5 Å². The number of carbonyl (C=O) groups excluding carboxylic acids is 3. The van der Waals surface area contributed by atoms with E-state index in [4.69, 9.17) is 16.3 Å². The van der Waals surface area contributed by atoms with Crippen molar-refractivity contribution in [2.45, 2.75) is 43.4 Å². The molecule has 1 aliphatic rings. The molecule has 6 nitrogen and oxygen atoms in total. The fourth-order valence-corrected chi connectivity index (χ4v) is 6.37. The van der Waals surface area contributed by atoms with Gasteiger partial charge in [-0.3, -0.25) is 9.59 Å². The van der Waals surface area contributed by atoms with E-state index in [1.807, 2.05) is 18.2 Å². The maximum absolute atomic E-state index is 12.8. The number of hydrogen-bond donors (Lipinski definition) is 2. The van der Waals surface area contributed by atoms with E-state index in [9.17, 15) is 14.4 Å². The zero-order valence-electron chi connectivity index (χ0n) is 19.9. The van der Waals surface area contributed by atoms with Crippen molar-refractivity contribution < 1.29 is 19.1 Å². The Bertz CT molecular complexity index is 1270. The van der Waals surface area contributed by atoms with E-state index in [1.54, 1.807) is 30.3 Å². The van der Waals surface area contributed by atoms with Gasteiger partial charge in [0.2, 0.25) is 5.91 Å². The van der Waals surface area contributed by atoms with Crippen LogP contribution in [0, 0.1) is 0 Å². The van der Waals surface area contributed by atoms with E-state index in [-0.39, 0.29) is 17.6 Å². The number of nitrogens with one attached hydrogen (secondary N) is 2. The number of anilines is 2. The van der Waals surface area contributed by atoms with Gasteiger partial charge in [0.1, 0.15) is 5.00 Å². The third-order valence-corrected chi connectivity index (χ3v) is 8.30. The van der Waals surface area contributed by atoms with E-state index in [1.165, 1.54) is 41.5 Å². The quantitative estimate of drug-likeness (QED) is 0.252. The molecule has 0 bridgehead atoms. The largest absolute Gasteiger partial charge is 0.465 e. The molecule has 2 N–H and O–H groups in total. The van der Waals surface area contributed by atoms with Crippen molar-refractivity contribution in [1.82, 2.24) is 0 Å². The predicted molar refractivity (Wildman–Crippen MR) is 147 cm³/mol. The lowest BCUT2D eigenvalue weighted by molar-refractivity contribution is -0.113. The normalized spacial score (nSPS) is 13.2. The van der Waals surface area contributed by atoms with Gasteiger partial charge in [-0.1, -0.05) is 36.6 Å². The molecule has 0 saturated heterocycles. The molecule has 1 heterocycles. The van der Waals surface area contributed by atoms with Crippen LogP contribution in [0.5, 0.6) is 0 Å². The highest BCUT2D eigenvalue weighted by molar-refractivity contribution is 8.00. The lowest BCUT2D eigenvalue weighted by atomic mass is 9.96. The van der Waals surface area contributed by atoms with Crippen molar-refractivity contribution >= 4 is 63.2 Å². The lowest BCUT2D eigenvalue weighted by Gasteiger charge is -2.11. The standard InChI is InChI=1S/C27H27ClN2O4S2/c1-34-27(33)24-21-12-4-2-3-5-13-22(21)36-26(24)30-23(31)16-35-20-11-7-10-19(15-20)29-25(32)17-8-6-9-18(28)14-17/h6-11,14-15H,2-5,12-13,16H2,1H3,(H,29,32)(H,30,31). The highest BCUT2D eigenvalue weighted by atomic mass is 35.5. The summed E-state index contributed by atoms with van der Waals surface area (Å²) in [6.45, 7) is 0. The number of amides is 2. The Balaban J connectivity index is 1.40. The van der Waals surface area contributed by atoms with E-state index < -0.39 is 5.97 Å². The number of thioether (sulfide) groups is 1. The molecule has 1 aromatic heterocycles. The summed E-state index contributed by atoms with van der Waals surface area (Å²) >= 11 is 8.82. The summed E-state index contributed by atoms with van der Waals surface area (Å²) in [7, 11) is 1.37. The van der Waals surface area contributed by atoms with Gasteiger partial charge in [0.25, 0.3) is 5.91 Å². The number of aryl methyl sites for hydroxylation is 1. The monoisotopic (exact) mass is 542 g/mol. The first kappa shape index (κ1) is 26.3. The molecule has 0 unspecified atom stereocenters. The zero-order chi connectivity index (χ0) is 25.5. The molecule has 36 heavy (non-hydrogen) atoms. The zero-order valence-corrected chi connectivity index (χ0v) is 22.3. The van der Waals surface area contributed by atoms with E-state index in [0.717, 1.165) is 42.6 Å². The van der Waals surface area contributed by atoms with Crippen molar-refractivity contribution in [3.05, 3.63) is 75.1 Å². The molecule has 0 aliphatic heterocycles. The van der Waals surface area contributed by atoms with Gasteiger partial charge in [-0.25, -0.2) is 4.79 Å². The second-order valence-corrected chi connectivity index (χ2v) is 11.0. The summed E-state index contributed by atoms with van der Waals surface area (Å²) in [6, 6.07) is 14.0. The second-order valence-electron chi connectivity index (χ2n) is 8.44. The van der Waals surface area contributed by atoms with Crippen LogP contribution in [0.4, 0.5) is 10.7 Å². The van der Waals surface area contributed by atoms with Gasteiger partial charge in [0.05, 0.1) is 18.4 Å². The first-order valence-electron chi connectivity index (χ1n) is 11.8. The number of thiophene rings is 1. The van der Waals surface area contributed by atoms with Crippen LogP contribution in [-0.2, 0) is 22.4 Å². The molecule has 188 valence electrons. The third-order valence-electron chi connectivity index (χ3n) is 5.86. The number of benzene rings is 2. The van der Waals surface area contributed by atoms with Crippen molar-refractivity contribution in [1.29, 1.82) is 0 Å². The molecular formula is C27H27ClN2O4S2. The number of fused-ring (bicyclic) bond motifs is 1. The Labute approximate surface area is 223 Å². The Morgan fingerprint density at radius 3 is 2.56 bits per heavy atom. The molecule has 3 aromatic rings. The minimum Gasteiger partial charge on any atom is -0.465 e. The number of rotatable bonds is 7. The SMILES string of the molecule is COC(=O)c1c(NC(=O)CSc2cccc(NC(=O)c3cccc(Cl)c3)c2)sc2c1CCCCCC2. The minimum atomic E-state index is -0.404. The van der Waals surface area contributed by atoms with Crippen LogP contribution in [0.1, 0.15) is 56.8 Å². The molecule has 9 heteroatoms. The molecule has 2 aromatic carbocycles. The number of halogens is 1. The summed E-state index contributed by atoms with van der Waals surface area (Å²) in [5, 5.41) is 6.86. The Hall–Kier alpha value is -2.81. The predicted octanol–water partition coefficient (Wildman–Crippen LogP) is 6.83. The van der Waals surface area contributed by atoms with Crippen LogP contribution in [0.15, 0.2) is 53.4 Å². The van der Waals surface area contributed by atoms with Gasteiger partial charge >= 0.3 is 5.97 Å². The van der Waals surface area contributed by atoms with Crippen molar-refractivity contribution in [3.8, 4) is 0 Å². The first-order chi connectivity index (χ1) is 17.4. The highest BCUT2D eigenvalue weighted by Crippen LogP contribution is 2.37. The molecule has 2 amide bonds. The Morgan fingerprint density at radius 2 is 1.78 bits per heavy atom. The first-order valence-corrected chi connectivity index (χ1v) is 13.9. The number of hydrogen-bond acceptors (Lipinski definition) is 6. The van der Waals surface area contributed by atoms with Crippen LogP contribution in [0.2, 0.25) is 5.02 Å². The average Bonchev–Trinajstić information content (AvgIpc) is 3.18. The Kier molecular flexibility index (Phi) is 9.07. The number of methoxy groups -OCH3 is 1. The van der Waals surface area contributed by atoms with Gasteiger partial charge in [-0.15, -0.1) is 23.1 Å². The molecule has 0 atom stereocenters. The lowest BCUT2D eigenvalue weighted by Crippen LogP contribution is -2.16. The molecule has 1 aliphatic carbocycles. The summed E-state index contributed by atoms with van der Waals surface area (Å²) < 4.78 is 5.04. The number of carbonyl (C=O) groups is 3. The molecule has 0 spiro atoms. The summed E-state index contributed by atoms with van der Waals surface area (Å²) in [5.41, 5.74) is 2.61. The fourth-order valence-electron chi connectivity index (χ4n) is 4.13. The van der Waals surface area contributed by atoms with Crippen LogP contribution in [0.3, 0.4) is 0 Å². The van der Waals surface area contributed by atoms with Crippen LogP contribution in [0.25, 0.3) is 0 Å². The van der Waals surface area contributed by atoms with E-state index in [0.29, 0.717) is 26.8 Å². The van der Waals surface area contributed by atoms with Crippen LogP contribution in [-0.4, -0.2) is 30.6 Å². The van der Waals surface area contributed by atoms with E-state index in [2.05, 4.69) is 10.6 Å². The molecule has 4 rings (SSSR count). The summed E-state index contributed by atoms with van der Waals surface area (Å²) in [4.78, 5) is 39.9. The summed E-state index contributed by atoms with van der Waals surface area (Å²) in [6.07, 6.45) is 6.19. The molecule has 0 fully saturated rings. The third kappa shape index (κ3) is 6.69. The second kappa shape index (κ2) is 12.4. The average molecular weight is 543 g/mol.